The van der Waals surface area contributed by atoms with E-state index in [9.17, 15) is 0 Å². The molecule has 2 aromatic carbocycles. The minimum absolute atomic E-state index is 0.147. The van der Waals surface area contributed by atoms with Crippen molar-refractivity contribution in [1.82, 2.24) is 5.01 Å². The van der Waals surface area contributed by atoms with Crippen LogP contribution in [0, 0.1) is 0 Å². The van der Waals surface area contributed by atoms with Crippen molar-refractivity contribution in [3.05, 3.63) is 82.0 Å². The number of nitrogens with zero attached hydrogens (tertiary/aromatic N) is 2. The van der Waals surface area contributed by atoms with Crippen LogP contribution in [0.5, 0.6) is 11.5 Å². The minimum Gasteiger partial charge on any atom is -0.493 e. The van der Waals surface area contributed by atoms with Gasteiger partial charge in [0, 0.05) is 17.5 Å². The highest BCUT2D eigenvalue weighted by Crippen LogP contribution is 2.50. The van der Waals surface area contributed by atoms with Crippen molar-refractivity contribution in [2.45, 2.75) is 18.7 Å². The van der Waals surface area contributed by atoms with Crippen molar-refractivity contribution in [3.63, 3.8) is 0 Å². The quantitative estimate of drug-likeness (QED) is 0.658. The summed E-state index contributed by atoms with van der Waals surface area (Å²) >= 11 is 1.67. The van der Waals surface area contributed by atoms with Gasteiger partial charge in [0.2, 0.25) is 6.23 Å². The third-order valence-electron chi connectivity index (χ3n) is 4.94. The number of para-hydroxylation sites is 1. The zero-order valence-electron chi connectivity index (χ0n) is 14.3. The van der Waals surface area contributed by atoms with E-state index in [0.717, 1.165) is 40.3 Å². The van der Waals surface area contributed by atoms with Crippen molar-refractivity contribution in [2.24, 2.45) is 5.10 Å². The van der Waals surface area contributed by atoms with Gasteiger partial charge in [-0.1, -0.05) is 42.5 Å². The number of hydrogen-bond donors (Lipinski definition) is 0. The molecule has 0 aliphatic carbocycles. The Labute approximate surface area is 156 Å². The topological polar surface area (TPSA) is 34.1 Å². The molecule has 3 aromatic rings. The number of hydrazone groups is 1. The first-order valence-electron chi connectivity index (χ1n) is 8.62. The second-order valence-electron chi connectivity index (χ2n) is 6.42. The van der Waals surface area contributed by atoms with Crippen LogP contribution in [0.15, 0.2) is 70.5 Å². The number of methoxy groups -OCH3 is 1. The highest BCUT2D eigenvalue weighted by Gasteiger charge is 2.42. The lowest BCUT2D eigenvalue weighted by molar-refractivity contribution is -0.0206. The Kier molecular flexibility index (Phi) is 3.68. The summed E-state index contributed by atoms with van der Waals surface area (Å²) in [5, 5.41) is 11.3. The van der Waals surface area contributed by atoms with E-state index >= 15 is 0 Å². The van der Waals surface area contributed by atoms with Gasteiger partial charge in [-0.15, -0.1) is 0 Å². The maximum atomic E-state index is 6.40. The first-order valence-corrected chi connectivity index (χ1v) is 9.56. The Morgan fingerprint density at radius 3 is 2.77 bits per heavy atom. The third kappa shape index (κ3) is 2.39. The fourth-order valence-electron chi connectivity index (χ4n) is 3.69. The molecule has 2 atom stereocenters. The Bertz CT molecular complexity index is 953. The van der Waals surface area contributed by atoms with Gasteiger partial charge in [0.1, 0.15) is 0 Å². The van der Waals surface area contributed by atoms with E-state index in [4.69, 9.17) is 14.6 Å². The summed E-state index contributed by atoms with van der Waals surface area (Å²) < 4.78 is 12.0. The first kappa shape index (κ1) is 15.5. The van der Waals surface area contributed by atoms with Gasteiger partial charge < -0.3 is 9.47 Å². The summed E-state index contributed by atoms with van der Waals surface area (Å²) in [5.41, 5.74) is 4.51. The van der Waals surface area contributed by atoms with Gasteiger partial charge in [-0.3, -0.25) is 0 Å². The van der Waals surface area contributed by atoms with Crippen LogP contribution >= 0.6 is 11.3 Å². The summed E-state index contributed by atoms with van der Waals surface area (Å²) in [5.74, 6) is 1.60. The van der Waals surface area contributed by atoms with Crippen LogP contribution < -0.4 is 9.47 Å². The molecule has 0 bridgehead atoms. The Morgan fingerprint density at radius 2 is 2.00 bits per heavy atom. The van der Waals surface area contributed by atoms with Gasteiger partial charge in [0.15, 0.2) is 11.5 Å². The molecular weight excluding hydrogens is 344 g/mol. The number of thiophene rings is 1. The summed E-state index contributed by atoms with van der Waals surface area (Å²) in [4.78, 5) is 0. The summed E-state index contributed by atoms with van der Waals surface area (Å²) in [6.07, 6.45) is 0.616. The molecule has 4 nitrogen and oxygen atoms in total. The van der Waals surface area contributed by atoms with E-state index in [1.807, 2.05) is 18.2 Å². The molecule has 2 aliphatic rings. The van der Waals surface area contributed by atoms with E-state index in [1.165, 1.54) is 0 Å². The highest BCUT2D eigenvalue weighted by molar-refractivity contribution is 7.07. The molecule has 1 aromatic heterocycles. The molecule has 0 fully saturated rings. The number of hydrogen-bond acceptors (Lipinski definition) is 5. The minimum atomic E-state index is -0.240. The largest absolute Gasteiger partial charge is 0.493 e. The van der Waals surface area contributed by atoms with Crippen LogP contribution in [-0.4, -0.2) is 17.8 Å². The molecule has 0 N–H and O–H groups in total. The summed E-state index contributed by atoms with van der Waals surface area (Å²) in [7, 11) is 1.69. The number of fused-ring (bicyclic) bond motifs is 3. The van der Waals surface area contributed by atoms with Gasteiger partial charge in [-0.25, -0.2) is 5.01 Å². The molecule has 5 heteroatoms. The molecule has 130 valence electrons. The van der Waals surface area contributed by atoms with Crippen LogP contribution in [0.25, 0.3) is 0 Å². The molecule has 0 unspecified atom stereocenters. The first-order chi connectivity index (χ1) is 12.8. The van der Waals surface area contributed by atoms with Crippen LogP contribution in [0.2, 0.25) is 0 Å². The molecule has 2 aliphatic heterocycles. The Morgan fingerprint density at radius 1 is 1.12 bits per heavy atom. The van der Waals surface area contributed by atoms with Gasteiger partial charge in [-0.05, 0) is 28.5 Å². The van der Waals surface area contributed by atoms with E-state index in [2.05, 4.69) is 52.2 Å². The van der Waals surface area contributed by atoms with Crippen LogP contribution in [0.3, 0.4) is 0 Å². The zero-order valence-corrected chi connectivity index (χ0v) is 15.1. The van der Waals surface area contributed by atoms with E-state index in [-0.39, 0.29) is 12.3 Å². The monoisotopic (exact) mass is 362 g/mol. The van der Waals surface area contributed by atoms with Gasteiger partial charge in [0.05, 0.1) is 18.9 Å². The molecule has 0 saturated heterocycles. The van der Waals surface area contributed by atoms with Crippen molar-refractivity contribution >= 4 is 17.0 Å². The summed E-state index contributed by atoms with van der Waals surface area (Å²) in [6, 6.07) is 18.7. The molecule has 26 heavy (non-hydrogen) atoms. The number of rotatable bonds is 3. The normalized spacial score (nSPS) is 20.8. The number of benzene rings is 2. The Balaban J connectivity index is 1.62. The number of ether oxygens (including phenoxy) is 2. The smallest absolute Gasteiger partial charge is 0.214 e. The van der Waals surface area contributed by atoms with Crippen LogP contribution in [0.1, 0.15) is 35.4 Å². The molecule has 5 rings (SSSR count). The predicted molar refractivity (Wildman–Crippen MR) is 103 cm³/mol. The zero-order chi connectivity index (χ0) is 17.5. The van der Waals surface area contributed by atoms with Crippen LogP contribution in [0.4, 0.5) is 0 Å². The van der Waals surface area contributed by atoms with E-state index < -0.39 is 0 Å². The fraction of sp³-hybridized carbons (Fsp3) is 0.190. The lowest BCUT2D eigenvalue weighted by atomic mass is 9.96. The second-order valence-corrected chi connectivity index (χ2v) is 7.20. The van der Waals surface area contributed by atoms with Gasteiger partial charge in [0.25, 0.3) is 0 Å². The van der Waals surface area contributed by atoms with E-state index in [0.29, 0.717) is 0 Å². The second kappa shape index (κ2) is 6.18. The van der Waals surface area contributed by atoms with E-state index in [1.54, 1.807) is 18.4 Å². The van der Waals surface area contributed by atoms with Crippen molar-refractivity contribution in [1.29, 1.82) is 0 Å². The van der Waals surface area contributed by atoms with Crippen molar-refractivity contribution < 1.29 is 9.47 Å². The molecule has 3 heterocycles. The van der Waals surface area contributed by atoms with Crippen LogP contribution in [-0.2, 0) is 0 Å². The maximum absolute atomic E-state index is 6.40. The average Bonchev–Trinajstić information content (AvgIpc) is 3.37. The molecule has 0 amide bonds. The SMILES string of the molecule is COc1cccc2c1O[C@@H](c1ccsc1)N1N=C(c3ccccc3)C[C@H]21. The fourth-order valence-corrected chi connectivity index (χ4v) is 4.35. The van der Waals surface area contributed by atoms with Crippen molar-refractivity contribution in [3.8, 4) is 11.5 Å². The predicted octanol–water partition coefficient (Wildman–Crippen LogP) is 5.00. The molecule has 0 saturated carbocycles. The molecule has 0 radical (unpaired) electrons. The summed E-state index contributed by atoms with van der Waals surface area (Å²) in [6.45, 7) is 0. The standard InChI is InChI=1S/C21H18N2O2S/c1-24-19-9-5-8-16-18-12-17(14-6-3-2-4-7-14)22-23(18)21(25-20(16)19)15-10-11-26-13-15/h2-11,13,18,21H,12H2,1H3/t18-,21+/m1/s1. The van der Waals surface area contributed by atoms with Gasteiger partial charge >= 0.3 is 0 Å². The van der Waals surface area contributed by atoms with Gasteiger partial charge in [-0.2, -0.15) is 16.4 Å². The molecular formula is C21H18N2O2S. The third-order valence-corrected chi connectivity index (χ3v) is 5.64. The Hall–Kier alpha value is -2.79. The van der Waals surface area contributed by atoms with Crippen molar-refractivity contribution in [2.75, 3.05) is 7.11 Å². The lowest BCUT2D eigenvalue weighted by Gasteiger charge is -2.38. The maximum Gasteiger partial charge on any atom is 0.214 e. The average molecular weight is 362 g/mol. The molecule has 0 spiro atoms. The lowest BCUT2D eigenvalue weighted by Crippen LogP contribution is -2.33. The highest BCUT2D eigenvalue weighted by atomic mass is 32.1.